The summed E-state index contributed by atoms with van der Waals surface area (Å²) in [5.41, 5.74) is 0.836. The summed E-state index contributed by atoms with van der Waals surface area (Å²) in [5.74, 6) is 2.62. The van der Waals surface area contributed by atoms with Crippen LogP contribution in [-0.2, 0) is 6.42 Å². The summed E-state index contributed by atoms with van der Waals surface area (Å²) in [6.45, 7) is 4.54. The highest BCUT2D eigenvalue weighted by molar-refractivity contribution is 5.30. The van der Waals surface area contributed by atoms with E-state index in [-0.39, 0.29) is 6.04 Å². The monoisotopic (exact) mass is 289 g/mol. The Labute approximate surface area is 125 Å². The Kier molecular flexibility index (Phi) is 5.42. The molecule has 0 bridgehead atoms. The molecule has 0 saturated heterocycles. The summed E-state index contributed by atoms with van der Waals surface area (Å²) in [6, 6.07) is 11.5. The maximum Gasteiger partial charge on any atom is 0.120 e. The van der Waals surface area contributed by atoms with Gasteiger partial charge in [-0.25, -0.2) is 0 Å². The Morgan fingerprint density at radius 3 is 2.76 bits per heavy atom. The molecule has 0 aliphatic rings. The molecule has 0 unspecified atom stereocenters. The number of nitrogens with one attached hydrogen (secondary N) is 1. The molecule has 0 radical (unpaired) electrons. The maximum atomic E-state index is 10.2. The number of aliphatic hydroxyl groups is 1. The van der Waals surface area contributed by atoms with E-state index in [0.29, 0.717) is 6.54 Å². The number of aliphatic hydroxyl groups excluding tert-OH is 1. The molecule has 0 amide bonds. The van der Waals surface area contributed by atoms with Gasteiger partial charge in [0.15, 0.2) is 0 Å². The average molecular weight is 289 g/mol. The molecule has 0 aliphatic carbocycles. The predicted molar refractivity (Wildman–Crippen MR) is 82.5 cm³/mol. The minimum atomic E-state index is -0.580. The third kappa shape index (κ3) is 4.09. The first-order valence-electron chi connectivity index (χ1n) is 7.28. The fraction of sp³-hybridized carbons (Fsp3) is 0.412. The number of methoxy groups -OCH3 is 1. The van der Waals surface area contributed by atoms with Crippen LogP contribution in [0.25, 0.3) is 0 Å². The highest BCUT2D eigenvalue weighted by Crippen LogP contribution is 2.20. The van der Waals surface area contributed by atoms with Crippen LogP contribution in [-0.4, -0.2) is 18.8 Å². The molecule has 21 heavy (non-hydrogen) atoms. The van der Waals surface area contributed by atoms with Gasteiger partial charge in [0.25, 0.3) is 0 Å². The molecular formula is C17H23NO3. The molecule has 4 nitrogen and oxygen atoms in total. The summed E-state index contributed by atoms with van der Waals surface area (Å²) in [4.78, 5) is 0. The Bertz CT molecular complexity index is 565. The second kappa shape index (κ2) is 7.29. The van der Waals surface area contributed by atoms with Gasteiger partial charge in [-0.15, -0.1) is 0 Å². The lowest BCUT2D eigenvalue weighted by atomic mass is 10.1. The molecule has 2 aromatic rings. The Hall–Kier alpha value is -1.78. The summed E-state index contributed by atoms with van der Waals surface area (Å²) in [6.07, 6.45) is 0.308. The van der Waals surface area contributed by atoms with Crippen LogP contribution in [0.2, 0.25) is 0 Å². The van der Waals surface area contributed by atoms with Crippen LogP contribution in [0.3, 0.4) is 0 Å². The topological polar surface area (TPSA) is 54.6 Å². The van der Waals surface area contributed by atoms with E-state index in [0.717, 1.165) is 29.3 Å². The van der Waals surface area contributed by atoms with E-state index >= 15 is 0 Å². The van der Waals surface area contributed by atoms with Crippen LogP contribution in [0.15, 0.2) is 40.8 Å². The maximum absolute atomic E-state index is 10.2. The van der Waals surface area contributed by atoms with Gasteiger partial charge in [-0.2, -0.15) is 0 Å². The first kappa shape index (κ1) is 15.6. The minimum absolute atomic E-state index is 0.0607. The van der Waals surface area contributed by atoms with Gasteiger partial charge in [-0.3, -0.25) is 0 Å². The lowest BCUT2D eigenvalue weighted by Crippen LogP contribution is -2.24. The first-order chi connectivity index (χ1) is 10.1. The van der Waals surface area contributed by atoms with Crippen molar-refractivity contribution in [3.05, 3.63) is 53.5 Å². The largest absolute Gasteiger partial charge is 0.497 e. The fourth-order valence-electron chi connectivity index (χ4n) is 2.17. The van der Waals surface area contributed by atoms with E-state index in [1.807, 2.05) is 43.3 Å². The Balaban J connectivity index is 1.92. The van der Waals surface area contributed by atoms with Crippen molar-refractivity contribution in [3.63, 3.8) is 0 Å². The molecule has 2 N–H and O–H groups in total. The molecule has 4 heteroatoms. The van der Waals surface area contributed by atoms with Crippen molar-refractivity contribution in [1.82, 2.24) is 5.32 Å². The van der Waals surface area contributed by atoms with E-state index in [2.05, 4.69) is 12.2 Å². The van der Waals surface area contributed by atoms with Gasteiger partial charge in [-0.1, -0.05) is 19.1 Å². The molecule has 1 aromatic heterocycles. The number of ether oxygens (including phenoxy) is 1. The number of rotatable bonds is 7. The molecule has 114 valence electrons. The van der Waals surface area contributed by atoms with Crippen molar-refractivity contribution in [1.29, 1.82) is 0 Å². The fourth-order valence-corrected chi connectivity index (χ4v) is 2.17. The molecule has 1 aromatic carbocycles. The third-order valence-corrected chi connectivity index (χ3v) is 3.55. The summed E-state index contributed by atoms with van der Waals surface area (Å²) in [5, 5.41) is 13.5. The molecule has 0 spiro atoms. The van der Waals surface area contributed by atoms with Crippen LogP contribution >= 0.6 is 0 Å². The van der Waals surface area contributed by atoms with Crippen molar-refractivity contribution < 1.29 is 14.3 Å². The van der Waals surface area contributed by atoms with Crippen molar-refractivity contribution in [2.24, 2.45) is 0 Å². The molecule has 2 rings (SSSR count). The lowest BCUT2D eigenvalue weighted by Gasteiger charge is -2.16. The zero-order valence-electron chi connectivity index (χ0n) is 12.8. The number of benzene rings is 1. The van der Waals surface area contributed by atoms with Crippen LogP contribution < -0.4 is 10.1 Å². The first-order valence-corrected chi connectivity index (χ1v) is 7.28. The van der Waals surface area contributed by atoms with Crippen LogP contribution in [0.1, 0.15) is 43.1 Å². The predicted octanol–water partition coefficient (Wildman–Crippen LogP) is 3.23. The normalized spacial score (nSPS) is 13.9. The van der Waals surface area contributed by atoms with Crippen molar-refractivity contribution in [2.75, 3.05) is 13.7 Å². The Morgan fingerprint density at radius 2 is 2.10 bits per heavy atom. The zero-order valence-corrected chi connectivity index (χ0v) is 12.8. The lowest BCUT2D eigenvalue weighted by molar-refractivity contribution is 0.168. The summed E-state index contributed by atoms with van der Waals surface area (Å²) >= 11 is 0. The van der Waals surface area contributed by atoms with E-state index in [1.54, 1.807) is 7.11 Å². The number of hydrogen-bond donors (Lipinski definition) is 2. The van der Waals surface area contributed by atoms with Crippen molar-refractivity contribution >= 4 is 0 Å². The van der Waals surface area contributed by atoms with Gasteiger partial charge >= 0.3 is 0 Å². The second-order valence-electron chi connectivity index (χ2n) is 5.08. The van der Waals surface area contributed by atoms with Gasteiger partial charge in [0.05, 0.1) is 19.3 Å². The van der Waals surface area contributed by atoms with Gasteiger partial charge in [0, 0.05) is 13.0 Å². The zero-order chi connectivity index (χ0) is 15.2. The smallest absolute Gasteiger partial charge is 0.120 e. The molecule has 0 fully saturated rings. The van der Waals surface area contributed by atoms with Crippen LogP contribution in [0.5, 0.6) is 5.75 Å². The summed E-state index contributed by atoms with van der Waals surface area (Å²) in [7, 11) is 1.62. The van der Waals surface area contributed by atoms with E-state index < -0.39 is 6.10 Å². The van der Waals surface area contributed by atoms with Gasteiger partial charge in [-0.05, 0) is 36.8 Å². The molecule has 0 aliphatic heterocycles. The molecular weight excluding hydrogens is 266 g/mol. The third-order valence-electron chi connectivity index (χ3n) is 3.55. The Morgan fingerprint density at radius 1 is 1.29 bits per heavy atom. The van der Waals surface area contributed by atoms with Crippen molar-refractivity contribution in [2.45, 2.75) is 32.4 Å². The minimum Gasteiger partial charge on any atom is -0.497 e. The van der Waals surface area contributed by atoms with E-state index in [1.165, 1.54) is 0 Å². The number of furan rings is 1. The molecule has 0 saturated carbocycles. The molecule has 1 heterocycles. The van der Waals surface area contributed by atoms with Gasteiger partial charge in [0.1, 0.15) is 17.3 Å². The summed E-state index contributed by atoms with van der Waals surface area (Å²) < 4.78 is 10.9. The SMILES string of the molecule is CCc1ccc([C@H](C)NC[C@H](O)c2cccc(OC)c2)o1. The second-order valence-corrected chi connectivity index (χ2v) is 5.08. The van der Waals surface area contributed by atoms with E-state index in [4.69, 9.17) is 9.15 Å². The van der Waals surface area contributed by atoms with Crippen LogP contribution in [0, 0.1) is 0 Å². The molecule has 2 atom stereocenters. The number of hydrogen-bond acceptors (Lipinski definition) is 4. The van der Waals surface area contributed by atoms with Crippen molar-refractivity contribution in [3.8, 4) is 5.75 Å². The van der Waals surface area contributed by atoms with Gasteiger partial charge < -0.3 is 19.6 Å². The van der Waals surface area contributed by atoms with Gasteiger partial charge in [0.2, 0.25) is 0 Å². The number of aryl methyl sites for hydroxylation is 1. The highest BCUT2D eigenvalue weighted by atomic mass is 16.5. The van der Waals surface area contributed by atoms with Crippen LogP contribution in [0.4, 0.5) is 0 Å². The highest BCUT2D eigenvalue weighted by Gasteiger charge is 2.13. The quantitative estimate of drug-likeness (QED) is 0.821. The van der Waals surface area contributed by atoms with E-state index in [9.17, 15) is 5.11 Å². The average Bonchev–Trinajstić information content (AvgIpc) is 3.01. The standard InChI is InChI=1S/C17H23NO3/c1-4-14-8-9-17(21-14)12(2)18-11-16(19)13-6-5-7-15(10-13)20-3/h5-10,12,16,18-19H,4,11H2,1-3H3/t12-,16-/m0/s1.